The third-order valence-electron chi connectivity index (χ3n) is 6.20. The number of likely N-dealkylation sites (N-methyl/N-ethyl adjacent to an activating group) is 1. The minimum Gasteiger partial charge on any atom is -0.495 e. The number of amides is 2. The molecule has 0 bridgehead atoms. The van der Waals surface area contributed by atoms with Crippen LogP contribution in [0.4, 0.5) is 5.69 Å². The number of hydrogen-bond acceptors (Lipinski definition) is 5. The average Bonchev–Trinajstić information content (AvgIpc) is 2.92. The highest BCUT2D eigenvalue weighted by atomic mass is 32.2. The lowest BCUT2D eigenvalue weighted by atomic mass is 10.1. The molecule has 0 heterocycles. The molecule has 0 aromatic heterocycles. The van der Waals surface area contributed by atoms with Crippen LogP contribution < -0.4 is 14.4 Å². The summed E-state index contributed by atoms with van der Waals surface area (Å²) in [6.07, 6.45) is 0.359. The van der Waals surface area contributed by atoms with Crippen molar-refractivity contribution in [1.29, 1.82) is 0 Å². The Morgan fingerprint density at radius 1 is 0.946 bits per heavy atom. The number of carbonyl (C=O) groups is 2. The third-order valence-corrected chi connectivity index (χ3v) is 7.97. The van der Waals surface area contributed by atoms with Crippen LogP contribution in [0.3, 0.4) is 0 Å². The lowest BCUT2D eigenvalue weighted by Gasteiger charge is -2.33. The molecule has 0 spiro atoms. The van der Waals surface area contributed by atoms with Crippen molar-refractivity contribution in [3.63, 3.8) is 0 Å². The van der Waals surface area contributed by atoms with Gasteiger partial charge in [-0.25, -0.2) is 8.42 Å². The first-order valence-corrected chi connectivity index (χ1v) is 13.4. The Kier molecular flexibility index (Phi) is 9.30. The van der Waals surface area contributed by atoms with Crippen LogP contribution in [-0.2, 0) is 26.2 Å². The Labute approximate surface area is 218 Å². The summed E-state index contributed by atoms with van der Waals surface area (Å²) < 4.78 is 34.1. The van der Waals surface area contributed by atoms with E-state index in [0.717, 1.165) is 15.4 Å². The molecule has 1 unspecified atom stereocenters. The van der Waals surface area contributed by atoms with Crippen molar-refractivity contribution in [2.75, 3.05) is 25.0 Å². The van der Waals surface area contributed by atoms with Gasteiger partial charge in [0.25, 0.3) is 10.0 Å². The van der Waals surface area contributed by atoms with E-state index >= 15 is 0 Å². The molecule has 2 amide bonds. The predicted octanol–water partition coefficient (Wildman–Crippen LogP) is 3.75. The van der Waals surface area contributed by atoms with Gasteiger partial charge in [0.15, 0.2) is 0 Å². The smallest absolute Gasteiger partial charge is 0.264 e. The molecule has 0 saturated heterocycles. The second-order valence-electron chi connectivity index (χ2n) is 8.48. The molecule has 0 radical (unpaired) electrons. The number of hydrogen-bond donors (Lipinski definition) is 1. The molecule has 0 aliphatic carbocycles. The van der Waals surface area contributed by atoms with Gasteiger partial charge in [0, 0.05) is 13.6 Å². The van der Waals surface area contributed by atoms with Crippen LogP contribution in [0.2, 0.25) is 0 Å². The molecule has 37 heavy (non-hydrogen) atoms. The van der Waals surface area contributed by atoms with Crippen LogP contribution in [0.1, 0.15) is 24.5 Å². The number of methoxy groups -OCH3 is 1. The van der Waals surface area contributed by atoms with Crippen LogP contribution >= 0.6 is 0 Å². The summed E-state index contributed by atoms with van der Waals surface area (Å²) in [6.45, 7) is 3.39. The molecule has 3 aromatic rings. The number of nitrogens with zero attached hydrogens (tertiary/aromatic N) is 2. The van der Waals surface area contributed by atoms with Gasteiger partial charge in [-0.1, -0.05) is 61.5 Å². The van der Waals surface area contributed by atoms with E-state index in [1.807, 2.05) is 38.1 Å². The van der Waals surface area contributed by atoms with Gasteiger partial charge in [0.1, 0.15) is 18.3 Å². The van der Waals surface area contributed by atoms with Gasteiger partial charge in [0.05, 0.1) is 17.7 Å². The number of nitrogens with one attached hydrogen (secondary N) is 1. The molecule has 1 N–H and O–H groups in total. The minimum atomic E-state index is -4.15. The van der Waals surface area contributed by atoms with Crippen LogP contribution in [0.25, 0.3) is 0 Å². The summed E-state index contributed by atoms with van der Waals surface area (Å²) >= 11 is 0. The Hall–Kier alpha value is -3.85. The van der Waals surface area contributed by atoms with Crippen molar-refractivity contribution >= 4 is 27.5 Å². The predicted molar refractivity (Wildman–Crippen MR) is 144 cm³/mol. The molecular weight excluding hydrogens is 490 g/mol. The summed E-state index contributed by atoms with van der Waals surface area (Å²) in [5, 5.41) is 2.63. The first-order chi connectivity index (χ1) is 17.7. The van der Waals surface area contributed by atoms with Crippen molar-refractivity contribution < 1.29 is 22.7 Å². The molecule has 3 rings (SSSR count). The summed E-state index contributed by atoms with van der Waals surface area (Å²) in [4.78, 5) is 28.2. The molecule has 9 heteroatoms. The SMILES string of the molecule is CCC(C(=O)NC)N(Cc1ccccc1C)C(=O)CN(c1ccccc1OC)S(=O)(=O)c1ccccc1. The van der Waals surface area contributed by atoms with Crippen LogP contribution in [0.15, 0.2) is 83.8 Å². The van der Waals surface area contributed by atoms with E-state index in [1.54, 1.807) is 42.5 Å². The van der Waals surface area contributed by atoms with Crippen molar-refractivity contribution in [3.05, 3.63) is 90.0 Å². The van der Waals surface area contributed by atoms with E-state index in [-0.39, 0.29) is 23.0 Å². The highest BCUT2D eigenvalue weighted by molar-refractivity contribution is 7.92. The van der Waals surface area contributed by atoms with E-state index in [2.05, 4.69) is 5.32 Å². The van der Waals surface area contributed by atoms with Gasteiger partial charge in [0.2, 0.25) is 11.8 Å². The normalized spacial score (nSPS) is 11.9. The second kappa shape index (κ2) is 12.4. The van der Waals surface area contributed by atoms with E-state index in [0.29, 0.717) is 12.2 Å². The summed E-state index contributed by atoms with van der Waals surface area (Å²) in [5.41, 5.74) is 2.06. The molecule has 8 nitrogen and oxygen atoms in total. The summed E-state index contributed by atoms with van der Waals surface area (Å²) in [5.74, 6) is -0.526. The fourth-order valence-electron chi connectivity index (χ4n) is 4.13. The van der Waals surface area contributed by atoms with E-state index in [1.165, 1.54) is 31.2 Å². The average molecular weight is 524 g/mol. The maximum Gasteiger partial charge on any atom is 0.264 e. The first kappa shape index (κ1) is 27.7. The molecule has 3 aromatic carbocycles. The maximum absolute atomic E-state index is 13.9. The summed E-state index contributed by atoms with van der Waals surface area (Å²) in [7, 11) is -1.19. The van der Waals surface area contributed by atoms with Crippen molar-refractivity contribution in [2.45, 2.75) is 37.8 Å². The number of benzene rings is 3. The monoisotopic (exact) mass is 523 g/mol. The summed E-state index contributed by atoms with van der Waals surface area (Å²) in [6, 6.07) is 21.4. The molecule has 1 atom stereocenters. The zero-order valence-corrected chi connectivity index (χ0v) is 22.4. The van der Waals surface area contributed by atoms with Gasteiger partial charge in [-0.2, -0.15) is 0 Å². The number of carbonyl (C=O) groups excluding carboxylic acids is 2. The Morgan fingerprint density at radius 2 is 1.57 bits per heavy atom. The first-order valence-electron chi connectivity index (χ1n) is 12.0. The Bertz CT molecular complexity index is 1330. The van der Waals surface area contributed by atoms with Crippen molar-refractivity contribution in [3.8, 4) is 5.75 Å². The number of ether oxygens (including phenoxy) is 1. The fraction of sp³-hybridized carbons (Fsp3) is 0.286. The molecule has 196 valence electrons. The van der Waals surface area contributed by atoms with Gasteiger partial charge >= 0.3 is 0 Å². The lowest BCUT2D eigenvalue weighted by Crippen LogP contribution is -2.51. The van der Waals surface area contributed by atoms with E-state index in [9.17, 15) is 18.0 Å². The quantitative estimate of drug-likeness (QED) is 0.413. The molecular formula is C28H33N3O5S. The number of sulfonamides is 1. The number of aryl methyl sites for hydroxylation is 1. The standard InChI is InChI=1S/C28H33N3O5S/c1-5-24(28(33)29-3)30(19-22-14-10-9-13-21(22)2)27(32)20-31(25-17-11-12-18-26(25)36-4)37(34,35)23-15-7-6-8-16-23/h6-18,24H,5,19-20H2,1-4H3,(H,29,33). The van der Waals surface area contributed by atoms with Gasteiger partial charge in [-0.05, 0) is 48.7 Å². The van der Waals surface area contributed by atoms with Gasteiger partial charge in [-0.15, -0.1) is 0 Å². The highest BCUT2D eigenvalue weighted by Crippen LogP contribution is 2.32. The second-order valence-corrected chi connectivity index (χ2v) is 10.3. The van der Waals surface area contributed by atoms with Gasteiger partial charge in [-0.3, -0.25) is 13.9 Å². The minimum absolute atomic E-state index is 0.0394. The third kappa shape index (κ3) is 6.29. The fourth-order valence-corrected chi connectivity index (χ4v) is 5.57. The maximum atomic E-state index is 13.9. The molecule has 0 aliphatic heterocycles. The van der Waals surface area contributed by atoms with Crippen molar-refractivity contribution in [2.24, 2.45) is 0 Å². The van der Waals surface area contributed by atoms with Crippen molar-refractivity contribution in [1.82, 2.24) is 10.2 Å². The van der Waals surface area contributed by atoms with Gasteiger partial charge < -0.3 is 15.0 Å². The topological polar surface area (TPSA) is 96.0 Å². The largest absolute Gasteiger partial charge is 0.495 e. The van der Waals surface area contributed by atoms with Crippen LogP contribution in [0.5, 0.6) is 5.75 Å². The zero-order chi connectivity index (χ0) is 27.0. The van der Waals surface area contributed by atoms with Crippen LogP contribution in [0, 0.1) is 6.92 Å². The molecule has 0 fully saturated rings. The van der Waals surface area contributed by atoms with E-state index in [4.69, 9.17) is 4.74 Å². The molecule has 0 aliphatic rings. The molecule has 0 saturated carbocycles. The highest BCUT2D eigenvalue weighted by Gasteiger charge is 2.34. The number of anilines is 1. The lowest BCUT2D eigenvalue weighted by molar-refractivity contribution is -0.140. The number of rotatable bonds is 11. The number of para-hydroxylation sites is 2. The Morgan fingerprint density at radius 3 is 2.19 bits per heavy atom. The Balaban J connectivity index is 2.10. The van der Waals surface area contributed by atoms with E-state index < -0.39 is 28.5 Å². The van der Waals surface area contributed by atoms with Crippen LogP contribution in [-0.4, -0.2) is 51.9 Å². The zero-order valence-electron chi connectivity index (χ0n) is 21.5.